The van der Waals surface area contributed by atoms with E-state index in [1.165, 1.54) is 4.90 Å². The predicted molar refractivity (Wildman–Crippen MR) is 89.3 cm³/mol. The minimum Gasteiger partial charge on any atom is -0.395 e. The van der Waals surface area contributed by atoms with Crippen molar-refractivity contribution in [3.8, 4) is 0 Å². The van der Waals surface area contributed by atoms with Gasteiger partial charge in [0, 0.05) is 37.7 Å². The molecule has 1 aromatic carbocycles. The van der Waals surface area contributed by atoms with Gasteiger partial charge in [-0.05, 0) is 23.6 Å². The summed E-state index contributed by atoms with van der Waals surface area (Å²) in [5.74, 6) is -0.879. The van der Waals surface area contributed by atoms with Crippen LogP contribution in [0.2, 0.25) is 0 Å². The highest BCUT2D eigenvalue weighted by Gasteiger charge is 2.38. The van der Waals surface area contributed by atoms with Gasteiger partial charge in [0.25, 0.3) is 5.91 Å². The summed E-state index contributed by atoms with van der Waals surface area (Å²) < 4.78 is 0. The topological polar surface area (TPSA) is 125 Å². The predicted octanol–water partition coefficient (Wildman–Crippen LogP) is -1.14. The number of aliphatic hydroxyl groups is 1. The Morgan fingerprint density at radius 1 is 1.36 bits per heavy atom. The largest absolute Gasteiger partial charge is 0.395 e. The Hall–Kier alpha value is -2.29. The Labute approximate surface area is 145 Å². The number of rotatable bonds is 6. The molecule has 1 unspecified atom stereocenters. The average Bonchev–Trinajstić information content (AvgIpc) is 2.91. The number of nitrogens with one attached hydrogen (secondary N) is 2. The van der Waals surface area contributed by atoms with Crippen LogP contribution in [0.25, 0.3) is 0 Å². The summed E-state index contributed by atoms with van der Waals surface area (Å²) in [7, 11) is 0. The van der Waals surface area contributed by atoms with Crippen LogP contribution in [0.5, 0.6) is 0 Å². The maximum Gasteiger partial charge on any atom is 0.255 e. The van der Waals surface area contributed by atoms with Gasteiger partial charge >= 0.3 is 0 Å². The molecule has 1 saturated heterocycles. The molecule has 8 nitrogen and oxygen atoms in total. The first-order valence-electron chi connectivity index (χ1n) is 8.33. The molecule has 2 atom stereocenters. The zero-order valence-corrected chi connectivity index (χ0v) is 13.8. The molecule has 0 aliphatic carbocycles. The lowest BCUT2D eigenvalue weighted by atomic mass is 10.0. The number of aliphatic hydroxyl groups excluding tert-OH is 1. The molecule has 2 aliphatic heterocycles. The Morgan fingerprint density at radius 3 is 2.88 bits per heavy atom. The summed E-state index contributed by atoms with van der Waals surface area (Å²) in [6.45, 7) is 1.30. The van der Waals surface area contributed by atoms with Crippen molar-refractivity contribution in [3.05, 3.63) is 34.9 Å². The van der Waals surface area contributed by atoms with E-state index in [1.54, 1.807) is 0 Å². The molecule has 3 amide bonds. The lowest BCUT2D eigenvalue weighted by molar-refractivity contribution is -0.136. The molecule has 5 N–H and O–H groups in total. The SMILES string of the molecule is N[C@H](CO)CNCc1ccc2c(c1)C(=O)N(C1CCC(=O)NC1=O)C2. The first-order chi connectivity index (χ1) is 12.0. The maximum absolute atomic E-state index is 12.7. The summed E-state index contributed by atoms with van der Waals surface area (Å²) in [4.78, 5) is 37.5. The highest BCUT2D eigenvalue weighted by Crippen LogP contribution is 2.28. The van der Waals surface area contributed by atoms with Crippen molar-refractivity contribution in [2.45, 2.75) is 38.0 Å². The Balaban J connectivity index is 1.67. The molecule has 25 heavy (non-hydrogen) atoms. The van der Waals surface area contributed by atoms with E-state index in [2.05, 4.69) is 10.6 Å². The summed E-state index contributed by atoms with van der Waals surface area (Å²) in [5.41, 5.74) is 8.04. The number of benzene rings is 1. The molecular formula is C17H22N4O4. The zero-order chi connectivity index (χ0) is 18.0. The number of nitrogens with zero attached hydrogens (tertiary/aromatic N) is 1. The van der Waals surface area contributed by atoms with Crippen LogP contribution >= 0.6 is 0 Å². The van der Waals surface area contributed by atoms with Crippen LogP contribution in [0.1, 0.15) is 34.3 Å². The number of amides is 3. The molecule has 8 heteroatoms. The molecule has 2 aliphatic rings. The number of hydrogen-bond donors (Lipinski definition) is 4. The van der Waals surface area contributed by atoms with Crippen molar-refractivity contribution in [2.75, 3.05) is 13.2 Å². The van der Waals surface area contributed by atoms with E-state index in [0.717, 1.165) is 11.1 Å². The fraction of sp³-hybridized carbons (Fsp3) is 0.471. The third-order valence-electron chi connectivity index (χ3n) is 4.56. The third kappa shape index (κ3) is 3.71. The number of nitrogens with two attached hydrogens (primary N) is 1. The second-order valence-corrected chi connectivity index (χ2v) is 6.47. The minimum absolute atomic E-state index is 0.0867. The fourth-order valence-corrected chi connectivity index (χ4v) is 3.18. The molecule has 0 saturated carbocycles. The van der Waals surface area contributed by atoms with Crippen LogP contribution in [-0.4, -0.2) is 53.0 Å². The molecule has 2 heterocycles. The molecule has 1 fully saturated rings. The van der Waals surface area contributed by atoms with Crippen molar-refractivity contribution in [1.82, 2.24) is 15.5 Å². The van der Waals surface area contributed by atoms with Crippen molar-refractivity contribution in [1.29, 1.82) is 0 Å². The second kappa shape index (κ2) is 7.30. The Kier molecular flexibility index (Phi) is 5.12. The second-order valence-electron chi connectivity index (χ2n) is 6.47. The van der Waals surface area contributed by atoms with Gasteiger partial charge in [0.05, 0.1) is 6.61 Å². The summed E-state index contributed by atoms with van der Waals surface area (Å²) in [6.07, 6.45) is 0.606. The summed E-state index contributed by atoms with van der Waals surface area (Å²) >= 11 is 0. The van der Waals surface area contributed by atoms with E-state index in [4.69, 9.17) is 10.8 Å². The molecule has 0 spiro atoms. The minimum atomic E-state index is -0.596. The van der Waals surface area contributed by atoms with Gasteiger partial charge in [-0.25, -0.2) is 0 Å². The Bertz CT molecular complexity index is 706. The van der Waals surface area contributed by atoms with Crippen LogP contribution in [0.15, 0.2) is 18.2 Å². The highest BCUT2D eigenvalue weighted by molar-refractivity contribution is 6.05. The van der Waals surface area contributed by atoms with Gasteiger partial charge < -0.3 is 21.1 Å². The maximum atomic E-state index is 12.7. The van der Waals surface area contributed by atoms with Crippen molar-refractivity contribution in [2.24, 2.45) is 5.73 Å². The van der Waals surface area contributed by atoms with E-state index >= 15 is 0 Å². The first-order valence-corrected chi connectivity index (χ1v) is 8.33. The van der Waals surface area contributed by atoms with Gasteiger partial charge in [0.15, 0.2) is 0 Å². The van der Waals surface area contributed by atoms with Crippen LogP contribution in [0.4, 0.5) is 0 Å². The lowest BCUT2D eigenvalue weighted by Gasteiger charge is -2.29. The van der Waals surface area contributed by atoms with Crippen LogP contribution in [-0.2, 0) is 22.7 Å². The zero-order valence-electron chi connectivity index (χ0n) is 13.8. The number of imide groups is 1. The van der Waals surface area contributed by atoms with Crippen LogP contribution in [0, 0.1) is 0 Å². The number of carbonyl (C=O) groups is 3. The van der Waals surface area contributed by atoms with E-state index in [0.29, 0.717) is 31.6 Å². The fourth-order valence-electron chi connectivity index (χ4n) is 3.18. The first kappa shape index (κ1) is 17.5. The number of piperidine rings is 1. The summed E-state index contributed by atoms with van der Waals surface area (Å²) in [6, 6.07) is 4.72. The number of carbonyl (C=O) groups excluding carboxylic acids is 3. The molecule has 0 radical (unpaired) electrons. The molecule has 0 aromatic heterocycles. The third-order valence-corrected chi connectivity index (χ3v) is 4.56. The van der Waals surface area contributed by atoms with E-state index in [9.17, 15) is 14.4 Å². The highest BCUT2D eigenvalue weighted by atomic mass is 16.3. The number of hydrogen-bond acceptors (Lipinski definition) is 6. The molecule has 3 rings (SSSR count). The molecule has 1 aromatic rings. The van der Waals surface area contributed by atoms with Crippen LogP contribution in [0.3, 0.4) is 0 Å². The van der Waals surface area contributed by atoms with Gasteiger partial charge in [-0.1, -0.05) is 12.1 Å². The molecule has 0 bridgehead atoms. The average molecular weight is 346 g/mol. The summed E-state index contributed by atoms with van der Waals surface area (Å²) in [5, 5.41) is 14.3. The standard InChI is InChI=1S/C17H22N4O4/c18-12(9-22)7-19-6-10-1-2-11-8-21(17(25)13(11)5-10)14-3-4-15(23)20-16(14)24/h1-2,5,12,14,19,22H,3-4,6-9,18H2,(H,20,23,24)/t12-,14?/m0/s1. The number of fused-ring (bicyclic) bond motifs is 1. The van der Waals surface area contributed by atoms with Crippen molar-refractivity contribution < 1.29 is 19.5 Å². The quantitative estimate of drug-likeness (QED) is 0.483. The molecule has 134 valence electrons. The van der Waals surface area contributed by atoms with E-state index in [1.807, 2.05) is 18.2 Å². The van der Waals surface area contributed by atoms with Gasteiger partial charge in [0.1, 0.15) is 6.04 Å². The van der Waals surface area contributed by atoms with Crippen molar-refractivity contribution in [3.63, 3.8) is 0 Å². The van der Waals surface area contributed by atoms with E-state index in [-0.39, 0.29) is 30.9 Å². The van der Waals surface area contributed by atoms with Gasteiger partial charge in [0.2, 0.25) is 11.8 Å². The normalized spacial score (nSPS) is 21.3. The monoisotopic (exact) mass is 346 g/mol. The lowest BCUT2D eigenvalue weighted by Crippen LogP contribution is -2.52. The smallest absolute Gasteiger partial charge is 0.255 e. The van der Waals surface area contributed by atoms with Gasteiger partial charge in [-0.15, -0.1) is 0 Å². The van der Waals surface area contributed by atoms with Gasteiger partial charge in [-0.3, -0.25) is 19.7 Å². The molecular weight excluding hydrogens is 324 g/mol. The van der Waals surface area contributed by atoms with Crippen molar-refractivity contribution >= 4 is 17.7 Å². The Morgan fingerprint density at radius 2 is 2.16 bits per heavy atom. The van der Waals surface area contributed by atoms with Crippen LogP contribution < -0.4 is 16.4 Å². The van der Waals surface area contributed by atoms with E-state index < -0.39 is 11.9 Å². The van der Waals surface area contributed by atoms with Gasteiger partial charge in [-0.2, -0.15) is 0 Å².